The minimum absolute atomic E-state index is 0.234. The number of halogens is 2. The summed E-state index contributed by atoms with van der Waals surface area (Å²) in [5.41, 5.74) is 0. The average molecular weight is 209 g/mol. The number of esters is 2. The minimum Gasteiger partial charge on any atom is -0.391 e. The molecule has 1 rings (SSSR count). The number of carbonyl (C=O) groups excluding carboxylic acids is 2. The fraction of sp³-hybridized carbons (Fsp3) is 0.429. The summed E-state index contributed by atoms with van der Waals surface area (Å²) < 4.78 is 2.51. The van der Waals surface area contributed by atoms with Crippen molar-refractivity contribution in [1.29, 1.82) is 0 Å². The summed E-state index contributed by atoms with van der Waals surface area (Å²) in [6.45, 7) is 3.41. The highest BCUT2D eigenvalue weighted by atomic mass is 35.5. The average Bonchev–Trinajstić information content (AvgIpc) is 2.14. The van der Waals surface area contributed by atoms with Crippen molar-refractivity contribution in [1.82, 2.24) is 0 Å². The quantitative estimate of drug-likeness (QED) is 0.299. The van der Waals surface area contributed by atoms with Gasteiger partial charge >= 0.3 is 11.9 Å². The van der Waals surface area contributed by atoms with Gasteiger partial charge in [-0.2, -0.15) is 0 Å². The highest BCUT2D eigenvalue weighted by Crippen LogP contribution is 2.40. The molecule has 0 bridgehead atoms. The van der Waals surface area contributed by atoms with Gasteiger partial charge in [0, 0.05) is 0 Å². The Bertz CT molecular complexity index is 247. The highest BCUT2D eigenvalue weighted by Gasteiger charge is 2.55. The van der Waals surface area contributed by atoms with Crippen LogP contribution in [0.2, 0.25) is 0 Å². The second kappa shape index (κ2) is 3.07. The molecule has 0 aliphatic carbocycles. The first-order valence-corrected chi connectivity index (χ1v) is 4.00. The van der Waals surface area contributed by atoms with E-state index in [4.69, 9.17) is 23.2 Å². The van der Waals surface area contributed by atoms with E-state index in [9.17, 15) is 9.59 Å². The number of allylic oxidation sites excluding steroid dienone is 1. The molecular weight excluding hydrogens is 203 g/mol. The van der Waals surface area contributed by atoms with Crippen LogP contribution in [0.25, 0.3) is 0 Å². The summed E-state index contributed by atoms with van der Waals surface area (Å²) in [6, 6.07) is 0. The topological polar surface area (TPSA) is 43.4 Å². The van der Waals surface area contributed by atoms with E-state index in [1.54, 1.807) is 0 Å². The van der Waals surface area contributed by atoms with E-state index in [0.717, 1.165) is 0 Å². The molecule has 0 radical (unpaired) electrons. The van der Waals surface area contributed by atoms with Crippen molar-refractivity contribution < 1.29 is 14.3 Å². The molecule has 0 N–H and O–H groups in total. The molecule has 5 heteroatoms. The van der Waals surface area contributed by atoms with Gasteiger partial charge in [0.2, 0.25) is 4.33 Å². The van der Waals surface area contributed by atoms with E-state index in [1.165, 1.54) is 6.08 Å². The molecule has 1 aliphatic rings. The van der Waals surface area contributed by atoms with Crippen molar-refractivity contribution in [3.8, 4) is 0 Å². The SMILES string of the molecule is C=CCC1C(=O)OC(=O)C1(Cl)Cl. The van der Waals surface area contributed by atoms with Crippen molar-refractivity contribution in [2.75, 3.05) is 0 Å². The summed E-state index contributed by atoms with van der Waals surface area (Å²) in [6.07, 6.45) is 1.70. The minimum atomic E-state index is -1.74. The lowest BCUT2D eigenvalue weighted by Crippen LogP contribution is -2.28. The first-order valence-electron chi connectivity index (χ1n) is 3.25. The van der Waals surface area contributed by atoms with Crippen LogP contribution in [-0.2, 0) is 14.3 Å². The highest BCUT2D eigenvalue weighted by molar-refractivity contribution is 6.60. The number of ether oxygens (including phenoxy) is 1. The Balaban J connectivity index is 2.90. The van der Waals surface area contributed by atoms with Crippen LogP contribution in [0.15, 0.2) is 12.7 Å². The van der Waals surface area contributed by atoms with Gasteiger partial charge in [-0.1, -0.05) is 29.3 Å². The van der Waals surface area contributed by atoms with E-state index in [0.29, 0.717) is 0 Å². The maximum absolute atomic E-state index is 10.9. The number of rotatable bonds is 2. The standard InChI is InChI=1S/C7H6Cl2O3/c1-2-3-4-5(10)12-6(11)7(4,8)9/h2,4H,1,3H2. The first-order chi connectivity index (χ1) is 5.50. The van der Waals surface area contributed by atoms with Gasteiger partial charge in [0.25, 0.3) is 0 Å². The molecule has 12 heavy (non-hydrogen) atoms. The maximum Gasteiger partial charge on any atom is 0.351 e. The Morgan fingerprint density at radius 3 is 2.50 bits per heavy atom. The number of alkyl halides is 2. The number of cyclic esters (lactones) is 2. The van der Waals surface area contributed by atoms with Gasteiger partial charge in [0.05, 0.1) is 0 Å². The fourth-order valence-corrected chi connectivity index (χ4v) is 1.37. The van der Waals surface area contributed by atoms with E-state index < -0.39 is 22.2 Å². The molecule has 3 nitrogen and oxygen atoms in total. The molecule has 1 aliphatic heterocycles. The monoisotopic (exact) mass is 208 g/mol. The molecule has 0 saturated carbocycles. The Kier molecular flexibility index (Phi) is 2.44. The lowest BCUT2D eigenvalue weighted by atomic mass is 10.0. The van der Waals surface area contributed by atoms with E-state index in [-0.39, 0.29) is 6.42 Å². The van der Waals surface area contributed by atoms with Gasteiger partial charge in [-0.3, -0.25) is 4.79 Å². The largest absolute Gasteiger partial charge is 0.391 e. The van der Waals surface area contributed by atoms with Crippen LogP contribution in [-0.4, -0.2) is 16.3 Å². The summed E-state index contributed by atoms with van der Waals surface area (Å²) >= 11 is 11.2. The Labute approximate surface area is 79.3 Å². The summed E-state index contributed by atoms with van der Waals surface area (Å²) in [4.78, 5) is 21.8. The molecule has 1 saturated heterocycles. The third kappa shape index (κ3) is 1.34. The van der Waals surface area contributed by atoms with Crippen molar-refractivity contribution >= 4 is 35.1 Å². The predicted molar refractivity (Wildman–Crippen MR) is 43.8 cm³/mol. The maximum atomic E-state index is 10.9. The first kappa shape index (κ1) is 9.55. The van der Waals surface area contributed by atoms with Gasteiger partial charge in [-0.25, -0.2) is 4.79 Å². The summed E-state index contributed by atoms with van der Waals surface area (Å²) in [5.74, 6) is -2.42. The van der Waals surface area contributed by atoms with E-state index >= 15 is 0 Å². The van der Waals surface area contributed by atoms with Gasteiger partial charge in [0.1, 0.15) is 5.92 Å². The van der Waals surface area contributed by atoms with Crippen LogP contribution in [0.5, 0.6) is 0 Å². The molecule has 0 aromatic heterocycles. The second-order valence-corrected chi connectivity index (χ2v) is 3.79. The lowest BCUT2D eigenvalue weighted by Gasteiger charge is -2.12. The van der Waals surface area contributed by atoms with Gasteiger partial charge in [-0.15, -0.1) is 6.58 Å². The van der Waals surface area contributed by atoms with E-state index in [2.05, 4.69) is 11.3 Å². The zero-order valence-corrected chi connectivity index (χ0v) is 7.56. The number of carbonyl (C=O) groups is 2. The smallest absolute Gasteiger partial charge is 0.351 e. The molecule has 0 aromatic carbocycles. The van der Waals surface area contributed by atoms with Crippen LogP contribution in [0.3, 0.4) is 0 Å². The van der Waals surface area contributed by atoms with Crippen molar-refractivity contribution in [3.63, 3.8) is 0 Å². The van der Waals surface area contributed by atoms with Crippen LogP contribution in [0.1, 0.15) is 6.42 Å². The molecule has 1 unspecified atom stereocenters. The second-order valence-electron chi connectivity index (χ2n) is 2.41. The number of hydrogen-bond donors (Lipinski definition) is 0. The van der Waals surface area contributed by atoms with Crippen LogP contribution < -0.4 is 0 Å². The Morgan fingerprint density at radius 2 is 2.17 bits per heavy atom. The molecule has 0 aromatic rings. The molecule has 1 heterocycles. The molecular formula is C7H6Cl2O3. The van der Waals surface area contributed by atoms with Gasteiger partial charge in [0.15, 0.2) is 0 Å². The van der Waals surface area contributed by atoms with E-state index in [1.807, 2.05) is 0 Å². The fourth-order valence-electron chi connectivity index (χ4n) is 0.932. The van der Waals surface area contributed by atoms with Crippen LogP contribution >= 0.6 is 23.2 Å². The van der Waals surface area contributed by atoms with Gasteiger partial charge < -0.3 is 4.74 Å². The molecule has 0 amide bonds. The summed E-state index contributed by atoms with van der Waals surface area (Å²) in [5, 5.41) is 0. The third-order valence-corrected chi connectivity index (χ3v) is 2.43. The lowest BCUT2D eigenvalue weighted by molar-refractivity contribution is -0.153. The summed E-state index contributed by atoms with van der Waals surface area (Å²) in [7, 11) is 0. The molecule has 66 valence electrons. The molecule has 1 fully saturated rings. The Morgan fingerprint density at radius 1 is 1.58 bits per heavy atom. The van der Waals surface area contributed by atoms with Gasteiger partial charge in [-0.05, 0) is 6.42 Å². The third-order valence-electron chi connectivity index (χ3n) is 1.59. The zero-order chi connectivity index (χ0) is 9.35. The zero-order valence-electron chi connectivity index (χ0n) is 6.05. The Hall–Kier alpha value is -0.540. The molecule has 0 spiro atoms. The van der Waals surface area contributed by atoms with Crippen molar-refractivity contribution in [2.24, 2.45) is 5.92 Å². The normalized spacial score (nSPS) is 27.0. The van der Waals surface area contributed by atoms with Crippen molar-refractivity contribution in [2.45, 2.75) is 10.8 Å². The van der Waals surface area contributed by atoms with Crippen LogP contribution in [0, 0.1) is 5.92 Å². The van der Waals surface area contributed by atoms with Crippen molar-refractivity contribution in [3.05, 3.63) is 12.7 Å². The number of hydrogen-bond acceptors (Lipinski definition) is 3. The predicted octanol–water partition coefficient (Wildman–Crippen LogP) is 1.44. The molecule has 1 atom stereocenters. The van der Waals surface area contributed by atoms with Crippen LogP contribution in [0.4, 0.5) is 0 Å².